The molecule has 0 aliphatic carbocycles. The van der Waals surface area contributed by atoms with Crippen LogP contribution in [0.4, 0.5) is 5.69 Å². The van der Waals surface area contributed by atoms with Crippen LogP contribution in [0.25, 0.3) is 0 Å². The van der Waals surface area contributed by atoms with E-state index in [1.165, 1.54) is 16.9 Å². The Bertz CT molecular complexity index is 606. The largest absolute Gasteiger partial charge is 0.493 e. The Morgan fingerprint density at radius 2 is 2.24 bits per heavy atom. The summed E-state index contributed by atoms with van der Waals surface area (Å²) in [7, 11) is 1.73. The molecule has 0 radical (unpaired) electrons. The molecule has 1 unspecified atom stereocenters. The number of hydrogen-bond acceptors (Lipinski definition) is 3. The number of aryl methyl sites for hydroxylation is 1. The zero-order valence-electron chi connectivity index (χ0n) is 12.8. The van der Waals surface area contributed by atoms with E-state index in [4.69, 9.17) is 4.74 Å². The Kier molecular flexibility index (Phi) is 4.13. The monoisotopic (exact) mass is 285 g/mol. The number of rotatable bonds is 5. The molecule has 1 aromatic carbocycles. The van der Waals surface area contributed by atoms with Gasteiger partial charge in [0.25, 0.3) is 0 Å². The first kappa shape index (κ1) is 14.0. The number of ether oxygens (including phenoxy) is 1. The maximum absolute atomic E-state index is 5.50. The highest BCUT2D eigenvalue weighted by atomic mass is 16.5. The molecule has 1 aliphatic rings. The molecule has 0 fully saturated rings. The van der Waals surface area contributed by atoms with Crippen molar-refractivity contribution in [3.63, 3.8) is 0 Å². The molecule has 4 heteroatoms. The van der Waals surface area contributed by atoms with Gasteiger partial charge < -0.3 is 10.1 Å². The molecular weight excluding hydrogens is 262 g/mol. The molecule has 3 rings (SSSR count). The summed E-state index contributed by atoms with van der Waals surface area (Å²) in [5.41, 5.74) is 3.91. The van der Waals surface area contributed by atoms with E-state index < -0.39 is 0 Å². The van der Waals surface area contributed by atoms with Gasteiger partial charge in [-0.3, -0.25) is 4.68 Å². The van der Waals surface area contributed by atoms with E-state index in [1.54, 1.807) is 7.11 Å². The molecule has 0 saturated heterocycles. The summed E-state index contributed by atoms with van der Waals surface area (Å²) in [4.78, 5) is 0. The van der Waals surface area contributed by atoms with Crippen LogP contribution < -0.4 is 10.1 Å². The highest BCUT2D eigenvalue weighted by Gasteiger charge is 2.23. The van der Waals surface area contributed by atoms with Gasteiger partial charge in [0.1, 0.15) is 0 Å². The summed E-state index contributed by atoms with van der Waals surface area (Å²) in [6.45, 7) is 4.16. The number of hydrogen-bond donors (Lipinski definition) is 1. The summed E-state index contributed by atoms with van der Waals surface area (Å²) in [6, 6.07) is 8.62. The van der Waals surface area contributed by atoms with Crippen molar-refractivity contribution in [2.75, 3.05) is 19.0 Å². The van der Waals surface area contributed by atoms with Gasteiger partial charge in [0.2, 0.25) is 0 Å². The lowest BCUT2D eigenvalue weighted by molar-refractivity contribution is 0.403. The predicted molar refractivity (Wildman–Crippen MR) is 85.1 cm³/mol. The van der Waals surface area contributed by atoms with E-state index in [9.17, 15) is 0 Å². The summed E-state index contributed by atoms with van der Waals surface area (Å²) < 4.78 is 7.60. The lowest BCUT2D eigenvalue weighted by Crippen LogP contribution is -2.19. The molecule has 1 N–H and O–H groups in total. The Morgan fingerprint density at radius 3 is 3.05 bits per heavy atom. The number of anilines is 1. The minimum absolute atomic E-state index is 0.531. The third-order valence-electron chi connectivity index (χ3n) is 4.21. The zero-order chi connectivity index (χ0) is 14.7. The molecule has 21 heavy (non-hydrogen) atoms. The quantitative estimate of drug-likeness (QED) is 0.914. The standard InChI is InChI=1S/C17H23N3O/c1-3-10-20-16(17(21-2)12-19-20)11-13-8-9-18-15-7-5-4-6-14(13)15/h4-7,12-13,18H,3,8-11H2,1-2H3. The number of benzene rings is 1. The maximum Gasteiger partial charge on any atom is 0.159 e. The van der Waals surface area contributed by atoms with E-state index in [2.05, 4.69) is 46.3 Å². The number of methoxy groups -OCH3 is 1. The number of nitrogens with zero attached hydrogens (tertiary/aromatic N) is 2. The molecule has 112 valence electrons. The normalized spacial score (nSPS) is 17.1. The van der Waals surface area contributed by atoms with Crippen molar-refractivity contribution in [3.05, 3.63) is 41.7 Å². The first-order valence-corrected chi connectivity index (χ1v) is 7.75. The molecule has 0 bridgehead atoms. The van der Waals surface area contributed by atoms with Gasteiger partial charge >= 0.3 is 0 Å². The average Bonchev–Trinajstić information content (AvgIpc) is 2.90. The van der Waals surface area contributed by atoms with Crippen LogP contribution in [0.3, 0.4) is 0 Å². The van der Waals surface area contributed by atoms with Gasteiger partial charge in [-0.05, 0) is 30.4 Å². The van der Waals surface area contributed by atoms with Crippen molar-refractivity contribution in [2.45, 2.75) is 38.6 Å². The minimum Gasteiger partial charge on any atom is -0.493 e. The van der Waals surface area contributed by atoms with Crippen molar-refractivity contribution < 1.29 is 4.74 Å². The Hall–Kier alpha value is -1.97. The smallest absolute Gasteiger partial charge is 0.159 e. The van der Waals surface area contributed by atoms with Crippen molar-refractivity contribution in [3.8, 4) is 5.75 Å². The van der Waals surface area contributed by atoms with Crippen LogP contribution in [0.15, 0.2) is 30.5 Å². The molecule has 0 amide bonds. The van der Waals surface area contributed by atoms with Gasteiger partial charge in [-0.1, -0.05) is 25.1 Å². The Morgan fingerprint density at radius 1 is 1.38 bits per heavy atom. The van der Waals surface area contributed by atoms with Gasteiger partial charge in [-0.15, -0.1) is 0 Å². The summed E-state index contributed by atoms with van der Waals surface area (Å²) >= 11 is 0. The summed E-state index contributed by atoms with van der Waals surface area (Å²) in [5.74, 6) is 1.45. The molecule has 4 nitrogen and oxygen atoms in total. The molecule has 1 aliphatic heterocycles. The van der Waals surface area contributed by atoms with Crippen LogP contribution in [0, 0.1) is 0 Å². The van der Waals surface area contributed by atoms with Crippen LogP contribution in [0.5, 0.6) is 5.75 Å². The third-order valence-corrected chi connectivity index (χ3v) is 4.21. The SMILES string of the molecule is CCCn1ncc(OC)c1CC1CCNc2ccccc21. The van der Waals surface area contributed by atoms with Crippen LogP contribution in [0.1, 0.15) is 36.9 Å². The van der Waals surface area contributed by atoms with Crippen LogP contribution in [-0.2, 0) is 13.0 Å². The fraction of sp³-hybridized carbons (Fsp3) is 0.471. The summed E-state index contributed by atoms with van der Waals surface area (Å²) in [5, 5.41) is 7.96. The topological polar surface area (TPSA) is 39.1 Å². The predicted octanol–water partition coefficient (Wildman–Crippen LogP) is 3.44. The van der Waals surface area contributed by atoms with Gasteiger partial charge in [-0.2, -0.15) is 5.10 Å². The Balaban J connectivity index is 1.89. The lowest BCUT2D eigenvalue weighted by Gasteiger charge is -2.27. The van der Waals surface area contributed by atoms with E-state index in [0.717, 1.165) is 38.1 Å². The average molecular weight is 285 g/mol. The minimum atomic E-state index is 0.531. The van der Waals surface area contributed by atoms with Crippen LogP contribution in [0.2, 0.25) is 0 Å². The Labute approximate surface area is 126 Å². The maximum atomic E-state index is 5.50. The van der Waals surface area contributed by atoms with Crippen molar-refractivity contribution in [1.82, 2.24) is 9.78 Å². The first-order valence-electron chi connectivity index (χ1n) is 7.75. The third kappa shape index (κ3) is 2.75. The van der Waals surface area contributed by atoms with E-state index >= 15 is 0 Å². The number of aromatic nitrogens is 2. The molecule has 1 atom stereocenters. The van der Waals surface area contributed by atoms with Crippen molar-refractivity contribution in [1.29, 1.82) is 0 Å². The van der Waals surface area contributed by atoms with E-state index in [1.807, 2.05) is 6.20 Å². The second-order valence-electron chi connectivity index (χ2n) is 5.59. The van der Waals surface area contributed by atoms with Crippen LogP contribution >= 0.6 is 0 Å². The molecule has 2 heterocycles. The van der Waals surface area contributed by atoms with Gasteiger partial charge in [0.05, 0.1) is 19.0 Å². The molecule has 1 aromatic heterocycles. The van der Waals surface area contributed by atoms with E-state index in [-0.39, 0.29) is 0 Å². The number of fused-ring (bicyclic) bond motifs is 1. The van der Waals surface area contributed by atoms with E-state index in [0.29, 0.717) is 5.92 Å². The second kappa shape index (κ2) is 6.20. The van der Waals surface area contributed by atoms with Crippen molar-refractivity contribution in [2.24, 2.45) is 0 Å². The highest BCUT2D eigenvalue weighted by molar-refractivity contribution is 5.55. The number of para-hydroxylation sites is 1. The zero-order valence-corrected chi connectivity index (χ0v) is 12.8. The fourth-order valence-corrected chi connectivity index (χ4v) is 3.17. The van der Waals surface area contributed by atoms with Gasteiger partial charge in [0, 0.05) is 25.2 Å². The van der Waals surface area contributed by atoms with Crippen LogP contribution in [-0.4, -0.2) is 23.4 Å². The highest BCUT2D eigenvalue weighted by Crippen LogP contribution is 2.35. The van der Waals surface area contributed by atoms with Gasteiger partial charge in [0.15, 0.2) is 5.75 Å². The van der Waals surface area contributed by atoms with Gasteiger partial charge in [-0.25, -0.2) is 0 Å². The molecule has 0 spiro atoms. The van der Waals surface area contributed by atoms with Crippen molar-refractivity contribution >= 4 is 5.69 Å². The molecule has 2 aromatic rings. The second-order valence-corrected chi connectivity index (χ2v) is 5.59. The fourth-order valence-electron chi connectivity index (χ4n) is 3.17. The summed E-state index contributed by atoms with van der Waals surface area (Å²) in [6.07, 6.45) is 5.07. The lowest BCUT2D eigenvalue weighted by atomic mass is 9.87. The molecular formula is C17H23N3O. The first-order chi connectivity index (χ1) is 10.3. The number of nitrogens with one attached hydrogen (secondary N) is 1. The molecule has 0 saturated carbocycles.